The third-order valence-corrected chi connectivity index (χ3v) is 7.13. The van der Waals surface area contributed by atoms with Gasteiger partial charge in [0.2, 0.25) is 0 Å². The van der Waals surface area contributed by atoms with E-state index in [0.29, 0.717) is 11.2 Å². The highest BCUT2D eigenvalue weighted by Gasteiger charge is 2.25. The van der Waals surface area contributed by atoms with E-state index >= 15 is 0 Å². The Hall–Kier alpha value is -2.91. The predicted molar refractivity (Wildman–Crippen MR) is 107 cm³/mol. The van der Waals surface area contributed by atoms with Crippen LogP contribution in [0.4, 0.5) is 0 Å². The Morgan fingerprint density at radius 2 is 2.00 bits per heavy atom. The largest absolute Gasteiger partial charge is 0.326 e. The van der Waals surface area contributed by atoms with Crippen LogP contribution >= 0.6 is 0 Å². The Balaban J connectivity index is 1.72. The van der Waals surface area contributed by atoms with Crippen molar-refractivity contribution in [3.63, 3.8) is 0 Å². The number of benzene rings is 1. The van der Waals surface area contributed by atoms with Gasteiger partial charge in [0.1, 0.15) is 17.4 Å². The maximum atomic E-state index is 13.3. The molecule has 0 radical (unpaired) electrons. The van der Waals surface area contributed by atoms with Gasteiger partial charge in [-0.05, 0) is 31.0 Å². The highest BCUT2D eigenvalue weighted by Crippen LogP contribution is 2.28. The molecule has 0 saturated carbocycles. The lowest BCUT2D eigenvalue weighted by molar-refractivity contribution is 0.588. The van der Waals surface area contributed by atoms with Crippen molar-refractivity contribution >= 4 is 32.1 Å². The standard InChI is InChI=1S/C19H20N6O2S/c1-13-4-2-3-5-17(13)28(26,27)25-9-7-15-18-16(10-21-19(15)25)22-12-24(18)23-8-6-14(20)11-23/h2-5,7,9-10,12,14H,6,8,11,20H2,1H3/t14-/m1/s1. The van der Waals surface area contributed by atoms with Crippen LogP contribution < -0.4 is 10.7 Å². The van der Waals surface area contributed by atoms with E-state index in [1.165, 1.54) is 3.97 Å². The lowest BCUT2D eigenvalue weighted by atomic mass is 10.2. The Morgan fingerprint density at radius 1 is 1.18 bits per heavy atom. The van der Waals surface area contributed by atoms with Gasteiger partial charge >= 0.3 is 0 Å². The van der Waals surface area contributed by atoms with Crippen LogP contribution in [0, 0.1) is 6.92 Å². The van der Waals surface area contributed by atoms with E-state index in [-0.39, 0.29) is 10.9 Å². The van der Waals surface area contributed by atoms with E-state index in [1.54, 1.807) is 49.9 Å². The first kappa shape index (κ1) is 17.2. The Morgan fingerprint density at radius 3 is 2.75 bits per heavy atom. The topological polar surface area (TPSA) is 99.0 Å². The van der Waals surface area contributed by atoms with Crippen molar-refractivity contribution in [3.8, 4) is 0 Å². The van der Waals surface area contributed by atoms with Crippen LogP contribution in [0.25, 0.3) is 22.1 Å². The molecule has 2 N–H and O–H groups in total. The molecule has 9 heteroatoms. The number of nitrogens with zero attached hydrogens (tertiary/aromatic N) is 5. The van der Waals surface area contributed by atoms with Crippen LogP contribution in [0.15, 0.2) is 53.9 Å². The van der Waals surface area contributed by atoms with E-state index in [4.69, 9.17) is 5.73 Å². The molecule has 1 atom stereocenters. The monoisotopic (exact) mass is 396 g/mol. The number of nitrogens with two attached hydrogens (primary N) is 1. The van der Waals surface area contributed by atoms with Gasteiger partial charge in [0.15, 0.2) is 5.65 Å². The molecular weight excluding hydrogens is 376 g/mol. The first-order valence-corrected chi connectivity index (χ1v) is 10.6. The lowest BCUT2D eigenvalue weighted by Gasteiger charge is -2.20. The fraction of sp³-hybridized carbons (Fsp3) is 0.263. The van der Waals surface area contributed by atoms with Gasteiger partial charge in [-0.1, -0.05) is 18.2 Å². The zero-order valence-corrected chi connectivity index (χ0v) is 16.2. The third-order valence-electron chi connectivity index (χ3n) is 5.31. The molecule has 0 bridgehead atoms. The van der Waals surface area contributed by atoms with E-state index in [1.807, 2.05) is 10.7 Å². The number of fused-ring (bicyclic) bond motifs is 3. The number of aromatic nitrogens is 4. The highest BCUT2D eigenvalue weighted by atomic mass is 32.2. The zero-order chi connectivity index (χ0) is 19.5. The zero-order valence-electron chi connectivity index (χ0n) is 15.4. The van der Waals surface area contributed by atoms with Gasteiger partial charge in [-0.2, -0.15) is 0 Å². The van der Waals surface area contributed by atoms with Crippen molar-refractivity contribution in [1.82, 2.24) is 18.6 Å². The predicted octanol–water partition coefficient (Wildman–Crippen LogP) is 1.60. The third kappa shape index (κ3) is 2.43. The molecule has 0 spiro atoms. The molecule has 1 saturated heterocycles. The Bertz CT molecular complexity index is 1310. The van der Waals surface area contributed by atoms with Crippen LogP contribution in [0.5, 0.6) is 0 Å². The molecule has 0 aliphatic carbocycles. The summed E-state index contributed by atoms with van der Waals surface area (Å²) in [6.07, 6.45) is 5.84. The van der Waals surface area contributed by atoms with Crippen molar-refractivity contribution in [1.29, 1.82) is 0 Å². The summed E-state index contributed by atoms with van der Waals surface area (Å²) >= 11 is 0. The summed E-state index contributed by atoms with van der Waals surface area (Å²) in [4.78, 5) is 9.12. The van der Waals surface area contributed by atoms with Crippen LogP contribution in [0.1, 0.15) is 12.0 Å². The smallest absolute Gasteiger partial charge is 0.269 e. The van der Waals surface area contributed by atoms with Gasteiger partial charge in [0, 0.05) is 30.7 Å². The fourth-order valence-electron chi connectivity index (χ4n) is 3.87. The van der Waals surface area contributed by atoms with Crippen LogP contribution in [0.3, 0.4) is 0 Å². The summed E-state index contributed by atoms with van der Waals surface area (Å²) in [5.41, 5.74) is 8.71. The molecule has 1 aliphatic rings. The number of hydrogen-bond donors (Lipinski definition) is 1. The van der Waals surface area contributed by atoms with E-state index in [0.717, 1.165) is 35.9 Å². The molecule has 0 unspecified atom stereocenters. The molecular formula is C19H20N6O2S. The summed E-state index contributed by atoms with van der Waals surface area (Å²) in [6, 6.07) is 8.86. The van der Waals surface area contributed by atoms with E-state index in [9.17, 15) is 8.42 Å². The SMILES string of the molecule is Cc1ccccc1S(=O)(=O)n1ccc2c3c(cnc21)ncn3N1CC[C@@H](N)C1. The molecule has 0 amide bonds. The average Bonchev–Trinajstić information content (AvgIpc) is 3.38. The molecule has 1 fully saturated rings. The summed E-state index contributed by atoms with van der Waals surface area (Å²) in [7, 11) is -3.75. The van der Waals surface area contributed by atoms with Gasteiger partial charge in [-0.15, -0.1) is 0 Å². The minimum absolute atomic E-state index is 0.126. The quantitative estimate of drug-likeness (QED) is 0.565. The number of aryl methyl sites for hydroxylation is 1. The second kappa shape index (κ2) is 6.05. The number of hydrogen-bond acceptors (Lipinski definition) is 6. The molecule has 8 nitrogen and oxygen atoms in total. The first-order chi connectivity index (χ1) is 13.5. The fourth-order valence-corrected chi connectivity index (χ4v) is 5.40. The Labute approximate surface area is 162 Å². The Kier molecular flexibility index (Phi) is 3.72. The molecule has 4 heterocycles. The number of pyridine rings is 1. The molecule has 1 aromatic carbocycles. The van der Waals surface area contributed by atoms with Gasteiger partial charge in [-0.3, -0.25) is 0 Å². The van der Waals surface area contributed by atoms with Crippen molar-refractivity contribution in [3.05, 3.63) is 54.6 Å². The minimum Gasteiger partial charge on any atom is -0.326 e. The summed E-state index contributed by atoms with van der Waals surface area (Å²) in [5, 5.41) is 2.87. The summed E-state index contributed by atoms with van der Waals surface area (Å²) in [5.74, 6) is 0. The van der Waals surface area contributed by atoms with Crippen LogP contribution in [-0.4, -0.2) is 46.2 Å². The maximum Gasteiger partial charge on any atom is 0.269 e. The van der Waals surface area contributed by atoms with Crippen LogP contribution in [0.2, 0.25) is 0 Å². The van der Waals surface area contributed by atoms with Crippen molar-refractivity contribution in [2.24, 2.45) is 5.73 Å². The molecule has 5 rings (SSSR count). The van der Waals surface area contributed by atoms with E-state index in [2.05, 4.69) is 15.0 Å². The van der Waals surface area contributed by atoms with Gasteiger partial charge < -0.3 is 10.7 Å². The van der Waals surface area contributed by atoms with Crippen LogP contribution in [-0.2, 0) is 10.0 Å². The second-order valence-corrected chi connectivity index (χ2v) is 8.95. The molecule has 28 heavy (non-hydrogen) atoms. The number of rotatable bonds is 3. The minimum atomic E-state index is -3.75. The van der Waals surface area contributed by atoms with Gasteiger partial charge in [0.25, 0.3) is 10.0 Å². The molecule has 3 aromatic heterocycles. The molecule has 4 aromatic rings. The maximum absolute atomic E-state index is 13.3. The summed E-state index contributed by atoms with van der Waals surface area (Å²) in [6.45, 7) is 3.35. The molecule has 1 aliphatic heterocycles. The number of imidazole rings is 1. The van der Waals surface area contributed by atoms with E-state index < -0.39 is 10.0 Å². The normalized spacial score (nSPS) is 17.8. The summed E-state index contributed by atoms with van der Waals surface area (Å²) < 4.78 is 29.7. The van der Waals surface area contributed by atoms with Gasteiger partial charge in [-0.25, -0.2) is 27.0 Å². The second-order valence-electron chi connectivity index (χ2n) is 7.16. The van der Waals surface area contributed by atoms with Gasteiger partial charge in [0.05, 0.1) is 11.1 Å². The molecule has 144 valence electrons. The first-order valence-electron chi connectivity index (χ1n) is 9.12. The van der Waals surface area contributed by atoms with Crippen molar-refractivity contribution in [2.75, 3.05) is 18.1 Å². The lowest BCUT2D eigenvalue weighted by Crippen LogP contribution is -2.34. The van der Waals surface area contributed by atoms with Crippen molar-refractivity contribution in [2.45, 2.75) is 24.3 Å². The van der Waals surface area contributed by atoms with Crippen molar-refractivity contribution < 1.29 is 8.42 Å². The highest BCUT2D eigenvalue weighted by molar-refractivity contribution is 7.90. The average molecular weight is 396 g/mol.